The molecule has 0 bridgehead atoms. The van der Waals surface area contributed by atoms with E-state index in [1.165, 1.54) is 0 Å². The molecule has 37 heavy (non-hydrogen) atoms. The van der Waals surface area contributed by atoms with Gasteiger partial charge in [0.25, 0.3) is 5.91 Å². The number of carbonyl (C=O) groups excluding carboxylic acids is 3. The van der Waals surface area contributed by atoms with E-state index in [4.69, 9.17) is 16.3 Å². The molecule has 9 heteroatoms. The molecule has 2 aliphatic heterocycles. The first-order chi connectivity index (χ1) is 17.5. The van der Waals surface area contributed by atoms with Crippen LogP contribution in [0.1, 0.15) is 60.7 Å². The van der Waals surface area contributed by atoms with Crippen LogP contribution in [0.3, 0.4) is 0 Å². The largest absolute Gasteiger partial charge is 0.444 e. The Morgan fingerprint density at radius 1 is 1.14 bits per heavy atom. The van der Waals surface area contributed by atoms with Crippen LogP contribution < -0.4 is 4.90 Å². The van der Waals surface area contributed by atoms with Crippen LogP contribution in [-0.4, -0.2) is 70.9 Å². The Balaban J connectivity index is 1.49. The van der Waals surface area contributed by atoms with Crippen molar-refractivity contribution in [1.29, 1.82) is 0 Å². The summed E-state index contributed by atoms with van der Waals surface area (Å²) in [5, 5.41) is 0.354. The van der Waals surface area contributed by atoms with Crippen LogP contribution >= 0.6 is 11.6 Å². The fourth-order valence-electron chi connectivity index (χ4n) is 4.74. The zero-order chi connectivity index (χ0) is 26.9. The van der Waals surface area contributed by atoms with Crippen LogP contribution in [0.4, 0.5) is 16.2 Å². The maximum absolute atomic E-state index is 13.3. The van der Waals surface area contributed by atoms with Crippen LogP contribution in [0.5, 0.6) is 0 Å². The van der Waals surface area contributed by atoms with Crippen LogP contribution in [0.15, 0.2) is 36.4 Å². The number of carbonyl (C=O) groups is 3. The lowest BCUT2D eigenvalue weighted by atomic mass is 9.92. The second-order valence-corrected chi connectivity index (χ2v) is 11.0. The molecule has 1 N–H and O–H groups in total. The summed E-state index contributed by atoms with van der Waals surface area (Å²) in [6, 6.07) is 7.39. The van der Waals surface area contributed by atoms with E-state index in [-0.39, 0.29) is 23.7 Å². The SMILES string of the molecule is C/C=C/CC1CN(c2ccc(C(=O)N3CCN(C(=O)OC(C)(C)C)CC3)c(Cl)c2)c2cc(C)[nH]c2C1=O. The van der Waals surface area contributed by atoms with Crippen LogP contribution in [-0.2, 0) is 4.74 Å². The molecule has 3 heterocycles. The third-order valence-corrected chi connectivity index (χ3v) is 6.92. The number of fused-ring (bicyclic) bond motifs is 1. The molecule has 0 saturated carbocycles. The summed E-state index contributed by atoms with van der Waals surface area (Å²) in [6.45, 7) is 11.5. The molecule has 1 saturated heterocycles. The molecule has 0 spiro atoms. The van der Waals surface area contributed by atoms with E-state index in [0.717, 1.165) is 17.1 Å². The predicted molar refractivity (Wildman–Crippen MR) is 145 cm³/mol. The van der Waals surface area contributed by atoms with E-state index >= 15 is 0 Å². The van der Waals surface area contributed by atoms with Crippen molar-refractivity contribution >= 4 is 40.8 Å². The van der Waals surface area contributed by atoms with E-state index in [9.17, 15) is 14.4 Å². The number of hydrogen-bond acceptors (Lipinski definition) is 5. The van der Waals surface area contributed by atoms with Gasteiger partial charge in [-0.2, -0.15) is 0 Å². The Bertz CT molecular complexity index is 1220. The standard InChI is InChI=1S/C28H35ClN4O4/c1-6-7-8-19-17-33(23-15-18(2)30-24(23)25(19)34)20-9-10-21(22(29)16-20)26(35)31-11-13-32(14-12-31)27(36)37-28(3,4)5/h6-7,9-10,15-16,19,30H,8,11-14,17H2,1-5H3/b7-6+. The van der Waals surface area contributed by atoms with Crippen LogP contribution in [0.25, 0.3) is 0 Å². The number of allylic oxidation sites excluding steroid dienone is 2. The van der Waals surface area contributed by atoms with Crippen molar-refractivity contribution in [2.75, 3.05) is 37.6 Å². The summed E-state index contributed by atoms with van der Waals surface area (Å²) < 4.78 is 5.44. The molecule has 8 nitrogen and oxygen atoms in total. The number of aromatic amines is 1. The van der Waals surface area contributed by atoms with Crippen molar-refractivity contribution in [2.45, 2.75) is 46.6 Å². The number of amides is 2. The van der Waals surface area contributed by atoms with Gasteiger partial charge < -0.3 is 24.4 Å². The maximum atomic E-state index is 13.3. The molecule has 1 fully saturated rings. The monoisotopic (exact) mass is 526 g/mol. The number of ether oxygens (including phenoxy) is 1. The molecule has 0 aliphatic carbocycles. The third kappa shape index (κ3) is 5.85. The summed E-state index contributed by atoms with van der Waals surface area (Å²) >= 11 is 6.65. The number of nitrogens with zero attached hydrogens (tertiary/aromatic N) is 3. The number of nitrogens with one attached hydrogen (secondary N) is 1. The van der Waals surface area contributed by atoms with Crippen LogP contribution in [0.2, 0.25) is 5.02 Å². The number of halogens is 1. The first-order valence-electron chi connectivity index (χ1n) is 12.7. The number of hydrogen-bond donors (Lipinski definition) is 1. The van der Waals surface area contributed by atoms with Gasteiger partial charge in [0.2, 0.25) is 0 Å². The van der Waals surface area contributed by atoms with Gasteiger partial charge in [-0.05, 0) is 65.3 Å². The zero-order valence-electron chi connectivity index (χ0n) is 22.1. The molecule has 2 aliphatic rings. The second kappa shape index (κ2) is 10.6. The quantitative estimate of drug-likeness (QED) is 0.525. The Labute approximate surface area is 223 Å². The fourth-order valence-corrected chi connectivity index (χ4v) is 5.00. The summed E-state index contributed by atoms with van der Waals surface area (Å²) in [6.07, 6.45) is 4.26. The van der Waals surface area contributed by atoms with Crippen molar-refractivity contribution in [3.05, 3.63) is 58.4 Å². The van der Waals surface area contributed by atoms with E-state index < -0.39 is 5.60 Å². The van der Waals surface area contributed by atoms with Gasteiger partial charge in [0.1, 0.15) is 11.3 Å². The molecule has 1 atom stereocenters. The molecular weight excluding hydrogens is 492 g/mol. The summed E-state index contributed by atoms with van der Waals surface area (Å²) in [7, 11) is 0. The van der Waals surface area contributed by atoms with Crippen molar-refractivity contribution in [2.24, 2.45) is 5.92 Å². The van der Waals surface area contributed by atoms with Gasteiger partial charge in [-0.1, -0.05) is 23.8 Å². The van der Waals surface area contributed by atoms with E-state index in [1.807, 2.05) is 58.9 Å². The highest BCUT2D eigenvalue weighted by atomic mass is 35.5. The molecule has 1 aromatic heterocycles. The number of piperazine rings is 1. The summed E-state index contributed by atoms with van der Waals surface area (Å²) in [5.41, 5.74) is 3.03. The minimum absolute atomic E-state index is 0.112. The first kappa shape index (κ1) is 26.8. The summed E-state index contributed by atoms with van der Waals surface area (Å²) in [4.78, 5) is 47.3. The second-order valence-electron chi connectivity index (χ2n) is 10.6. The molecule has 0 radical (unpaired) electrons. The van der Waals surface area contributed by atoms with Gasteiger partial charge in [0.15, 0.2) is 5.78 Å². The lowest BCUT2D eigenvalue weighted by Gasteiger charge is -2.36. The lowest BCUT2D eigenvalue weighted by molar-refractivity contribution is 0.0141. The number of aromatic nitrogens is 1. The van der Waals surface area contributed by atoms with Gasteiger partial charge >= 0.3 is 6.09 Å². The average molecular weight is 527 g/mol. The number of aryl methyl sites for hydroxylation is 1. The Hall–Kier alpha value is -3.26. The minimum Gasteiger partial charge on any atom is -0.444 e. The fraction of sp³-hybridized carbons (Fsp3) is 0.464. The highest BCUT2D eigenvalue weighted by Crippen LogP contribution is 2.38. The highest BCUT2D eigenvalue weighted by Gasteiger charge is 2.34. The maximum Gasteiger partial charge on any atom is 0.410 e. The van der Waals surface area contributed by atoms with Crippen molar-refractivity contribution < 1.29 is 19.1 Å². The molecular formula is C28H35ClN4O4. The molecule has 198 valence electrons. The van der Waals surface area contributed by atoms with Gasteiger partial charge in [0.05, 0.1) is 16.3 Å². The van der Waals surface area contributed by atoms with Gasteiger partial charge in [-0.3, -0.25) is 9.59 Å². The van der Waals surface area contributed by atoms with Crippen LogP contribution in [0, 0.1) is 12.8 Å². The topological polar surface area (TPSA) is 85.9 Å². The normalized spacial score (nSPS) is 18.4. The molecule has 2 amide bonds. The first-order valence-corrected chi connectivity index (χ1v) is 13.1. The highest BCUT2D eigenvalue weighted by molar-refractivity contribution is 6.34. The lowest BCUT2D eigenvalue weighted by Crippen LogP contribution is -2.51. The number of Topliss-reactive ketones (excluding diaryl/α,β-unsaturated/α-hetero) is 1. The minimum atomic E-state index is -0.562. The number of rotatable bonds is 4. The summed E-state index contributed by atoms with van der Waals surface area (Å²) in [5.74, 6) is -0.234. The van der Waals surface area contributed by atoms with E-state index in [1.54, 1.807) is 21.9 Å². The van der Waals surface area contributed by atoms with Gasteiger partial charge in [-0.25, -0.2) is 4.79 Å². The average Bonchev–Trinajstić information content (AvgIpc) is 3.24. The van der Waals surface area contributed by atoms with Gasteiger partial charge in [0, 0.05) is 50.0 Å². The molecule has 1 unspecified atom stereocenters. The number of benzene rings is 1. The molecule has 4 rings (SSSR count). The molecule has 1 aromatic carbocycles. The smallest absolute Gasteiger partial charge is 0.410 e. The zero-order valence-corrected chi connectivity index (χ0v) is 22.9. The predicted octanol–water partition coefficient (Wildman–Crippen LogP) is 5.59. The number of ketones is 1. The van der Waals surface area contributed by atoms with Crippen molar-refractivity contribution in [3.63, 3.8) is 0 Å². The van der Waals surface area contributed by atoms with E-state index in [2.05, 4.69) is 9.88 Å². The number of H-pyrrole nitrogens is 1. The van der Waals surface area contributed by atoms with Crippen molar-refractivity contribution in [3.8, 4) is 0 Å². The Morgan fingerprint density at radius 2 is 1.81 bits per heavy atom. The molecule has 2 aromatic rings. The third-order valence-electron chi connectivity index (χ3n) is 6.61. The van der Waals surface area contributed by atoms with Crippen molar-refractivity contribution in [1.82, 2.24) is 14.8 Å². The van der Waals surface area contributed by atoms with E-state index in [0.29, 0.717) is 55.4 Å². The Kier molecular flexibility index (Phi) is 7.69. The Morgan fingerprint density at radius 3 is 2.43 bits per heavy atom. The van der Waals surface area contributed by atoms with Gasteiger partial charge in [-0.15, -0.1) is 0 Å². The number of anilines is 2.